The summed E-state index contributed by atoms with van der Waals surface area (Å²) in [5.41, 5.74) is 1.50. The predicted molar refractivity (Wildman–Crippen MR) is 147 cm³/mol. The van der Waals surface area contributed by atoms with Crippen molar-refractivity contribution in [2.45, 2.75) is 39.8 Å². The molecule has 1 atom stereocenters. The van der Waals surface area contributed by atoms with Crippen molar-refractivity contribution >= 4 is 23.1 Å². The van der Waals surface area contributed by atoms with Crippen LogP contribution in [0.15, 0.2) is 78.4 Å². The van der Waals surface area contributed by atoms with Gasteiger partial charge in [0.2, 0.25) is 0 Å². The molecule has 7 heteroatoms. The van der Waals surface area contributed by atoms with Crippen LogP contribution >= 0.6 is 0 Å². The zero-order chi connectivity index (χ0) is 27.4. The highest BCUT2D eigenvalue weighted by Gasteiger charge is 2.47. The highest BCUT2D eigenvalue weighted by molar-refractivity contribution is 6.51. The fraction of sp³-hybridized carbons (Fsp3) is 0.290. The average Bonchev–Trinajstić information content (AvgIpc) is 3.17. The van der Waals surface area contributed by atoms with Gasteiger partial charge in [-0.15, -0.1) is 0 Å². The number of nitrogens with zero attached hydrogens (tertiary/aromatic N) is 1. The number of anilines is 1. The molecule has 0 radical (unpaired) electrons. The number of methoxy groups -OCH3 is 1. The molecule has 1 aliphatic heterocycles. The summed E-state index contributed by atoms with van der Waals surface area (Å²) in [4.78, 5) is 28.3. The summed E-state index contributed by atoms with van der Waals surface area (Å²) in [6.07, 6.45) is -0.0674. The molecule has 1 heterocycles. The molecule has 1 saturated heterocycles. The SMILES string of the molecule is COc1cccc(C2/C(=C(/O)c3cccc(OC(C)C)c3)C(=O)C(=O)N2c2ccc(OCC(C)C)cc2)c1. The average molecular weight is 516 g/mol. The number of benzene rings is 3. The zero-order valence-corrected chi connectivity index (χ0v) is 22.3. The van der Waals surface area contributed by atoms with Gasteiger partial charge < -0.3 is 19.3 Å². The van der Waals surface area contributed by atoms with Gasteiger partial charge in [-0.25, -0.2) is 0 Å². The maximum atomic E-state index is 13.5. The van der Waals surface area contributed by atoms with E-state index in [-0.39, 0.29) is 17.4 Å². The smallest absolute Gasteiger partial charge is 0.300 e. The van der Waals surface area contributed by atoms with E-state index in [9.17, 15) is 14.7 Å². The zero-order valence-electron chi connectivity index (χ0n) is 22.3. The van der Waals surface area contributed by atoms with E-state index in [1.165, 1.54) is 4.90 Å². The van der Waals surface area contributed by atoms with E-state index < -0.39 is 17.7 Å². The Morgan fingerprint density at radius 2 is 1.58 bits per heavy atom. The summed E-state index contributed by atoms with van der Waals surface area (Å²) in [6, 6.07) is 20.1. The van der Waals surface area contributed by atoms with E-state index in [0.717, 1.165) is 0 Å². The molecule has 0 spiro atoms. The van der Waals surface area contributed by atoms with E-state index in [0.29, 0.717) is 46.6 Å². The van der Waals surface area contributed by atoms with Gasteiger partial charge in [0.25, 0.3) is 11.7 Å². The molecule has 38 heavy (non-hydrogen) atoms. The van der Waals surface area contributed by atoms with Gasteiger partial charge in [-0.1, -0.05) is 38.1 Å². The molecular weight excluding hydrogens is 482 g/mol. The second kappa shape index (κ2) is 11.4. The van der Waals surface area contributed by atoms with Crippen molar-refractivity contribution in [1.29, 1.82) is 0 Å². The van der Waals surface area contributed by atoms with Crippen LogP contribution in [0.1, 0.15) is 44.9 Å². The molecule has 0 bridgehead atoms. The topological polar surface area (TPSA) is 85.3 Å². The van der Waals surface area contributed by atoms with Gasteiger partial charge in [0, 0.05) is 11.3 Å². The third kappa shape index (κ3) is 5.67. The molecule has 1 unspecified atom stereocenters. The van der Waals surface area contributed by atoms with Gasteiger partial charge in [-0.2, -0.15) is 0 Å². The van der Waals surface area contributed by atoms with Crippen LogP contribution in [0.3, 0.4) is 0 Å². The monoisotopic (exact) mass is 515 g/mol. The van der Waals surface area contributed by atoms with Crippen molar-refractivity contribution in [2.75, 3.05) is 18.6 Å². The van der Waals surface area contributed by atoms with Gasteiger partial charge in [-0.3, -0.25) is 14.5 Å². The van der Waals surface area contributed by atoms with Crippen LogP contribution in [-0.2, 0) is 9.59 Å². The minimum Gasteiger partial charge on any atom is -0.507 e. The molecule has 1 fully saturated rings. The molecule has 198 valence electrons. The number of aliphatic hydroxyl groups is 1. The van der Waals surface area contributed by atoms with Crippen LogP contribution in [0.2, 0.25) is 0 Å². The predicted octanol–water partition coefficient (Wildman–Crippen LogP) is 6.14. The quantitative estimate of drug-likeness (QED) is 0.209. The van der Waals surface area contributed by atoms with Crippen molar-refractivity contribution < 1.29 is 28.9 Å². The number of carbonyl (C=O) groups excluding carboxylic acids is 2. The van der Waals surface area contributed by atoms with Crippen molar-refractivity contribution in [3.63, 3.8) is 0 Å². The maximum absolute atomic E-state index is 13.5. The molecule has 1 N–H and O–H groups in total. The largest absolute Gasteiger partial charge is 0.507 e. The number of ether oxygens (including phenoxy) is 3. The van der Waals surface area contributed by atoms with E-state index >= 15 is 0 Å². The number of hydrogen-bond donors (Lipinski definition) is 1. The summed E-state index contributed by atoms with van der Waals surface area (Å²) in [7, 11) is 1.55. The van der Waals surface area contributed by atoms with Gasteiger partial charge in [0.15, 0.2) is 0 Å². The fourth-order valence-electron chi connectivity index (χ4n) is 4.34. The van der Waals surface area contributed by atoms with E-state index in [4.69, 9.17) is 14.2 Å². The van der Waals surface area contributed by atoms with Crippen LogP contribution in [0.25, 0.3) is 5.76 Å². The lowest BCUT2D eigenvalue weighted by atomic mass is 9.95. The lowest BCUT2D eigenvalue weighted by Crippen LogP contribution is -2.29. The molecule has 1 amide bonds. The number of Topliss-reactive ketones (excluding diaryl/α,β-unsaturated/α-hetero) is 1. The highest BCUT2D eigenvalue weighted by Crippen LogP contribution is 2.43. The lowest BCUT2D eigenvalue weighted by molar-refractivity contribution is -0.132. The minimum absolute atomic E-state index is 0.00918. The molecule has 0 saturated carbocycles. The number of hydrogen-bond acceptors (Lipinski definition) is 6. The summed E-state index contributed by atoms with van der Waals surface area (Å²) in [5, 5.41) is 11.4. The van der Waals surface area contributed by atoms with Crippen LogP contribution in [0.5, 0.6) is 17.2 Å². The molecule has 3 aromatic carbocycles. The van der Waals surface area contributed by atoms with Crippen LogP contribution < -0.4 is 19.1 Å². The Morgan fingerprint density at radius 3 is 2.24 bits per heavy atom. The Hall–Kier alpha value is -4.26. The number of ketones is 1. The first-order chi connectivity index (χ1) is 18.2. The van der Waals surface area contributed by atoms with Crippen molar-refractivity contribution in [1.82, 2.24) is 0 Å². The number of rotatable bonds is 9. The minimum atomic E-state index is -0.873. The lowest BCUT2D eigenvalue weighted by Gasteiger charge is -2.26. The Bertz CT molecular complexity index is 1340. The Balaban J connectivity index is 1.83. The van der Waals surface area contributed by atoms with Crippen molar-refractivity contribution in [2.24, 2.45) is 5.92 Å². The fourth-order valence-corrected chi connectivity index (χ4v) is 4.34. The van der Waals surface area contributed by atoms with Gasteiger partial charge in [0.1, 0.15) is 23.0 Å². The summed E-state index contributed by atoms with van der Waals surface area (Å²) < 4.78 is 17.0. The highest BCUT2D eigenvalue weighted by atomic mass is 16.5. The van der Waals surface area contributed by atoms with Gasteiger partial charge in [0.05, 0.1) is 31.4 Å². The summed E-state index contributed by atoms with van der Waals surface area (Å²) in [6.45, 7) is 8.49. The third-order valence-corrected chi connectivity index (χ3v) is 6.03. The summed E-state index contributed by atoms with van der Waals surface area (Å²) >= 11 is 0. The van der Waals surface area contributed by atoms with Crippen LogP contribution in [0, 0.1) is 5.92 Å². The molecule has 3 aromatic rings. The second-order valence-electron chi connectivity index (χ2n) is 9.84. The first-order valence-corrected chi connectivity index (χ1v) is 12.6. The normalized spacial score (nSPS) is 16.8. The van der Waals surface area contributed by atoms with E-state index in [1.807, 2.05) is 13.8 Å². The first kappa shape index (κ1) is 26.8. The molecule has 1 aliphatic rings. The molecular formula is C31H33NO6. The van der Waals surface area contributed by atoms with E-state index in [2.05, 4.69) is 13.8 Å². The van der Waals surface area contributed by atoms with Crippen LogP contribution in [-0.4, -0.2) is 36.6 Å². The van der Waals surface area contributed by atoms with Crippen LogP contribution in [0.4, 0.5) is 5.69 Å². The molecule has 0 aromatic heterocycles. The summed E-state index contributed by atoms with van der Waals surface area (Å²) in [5.74, 6) is 0.371. The maximum Gasteiger partial charge on any atom is 0.300 e. The number of carbonyl (C=O) groups is 2. The molecule has 0 aliphatic carbocycles. The van der Waals surface area contributed by atoms with Gasteiger partial charge >= 0.3 is 0 Å². The van der Waals surface area contributed by atoms with Crippen molar-refractivity contribution in [3.05, 3.63) is 89.5 Å². The first-order valence-electron chi connectivity index (χ1n) is 12.6. The third-order valence-electron chi connectivity index (χ3n) is 6.03. The standard InChI is InChI=1S/C31H33NO6/c1-19(2)18-37-24-14-12-23(13-15-24)32-28(21-8-6-10-25(16-21)36-5)27(30(34)31(32)35)29(33)22-9-7-11-26(17-22)38-20(3)4/h6-17,19-20,28,33H,18H2,1-5H3/b29-27-. The number of amides is 1. The molecule has 7 nitrogen and oxygen atoms in total. The van der Waals surface area contributed by atoms with Gasteiger partial charge in [-0.05, 0) is 73.9 Å². The Morgan fingerprint density at radius 1 is 0.895 bits per heavy atom. The van der Waals surface area contributed by atoms with Crippen molar-refractivity contribution in [3.8, 4) is 17.2 Å². The molecule has 4 rings (SSSR count). The van der Waals surface area contributed by atoms with E-state index in [1.54, 1.807) is 79.9 Å². The Labute approximate surface area is 223 Å². The second-order valence-corrected chi connectivity index (χ2v) is 9.84. The number of aliphatic hydroxyl groups excluding tert-OH is 1. The Kier molecular flexibility index (Phi) is 8.05.